The van der Waals surface area contributed by atoms with Crippen molar-refractivity contribution in [2.24, 2.45) is 5.92 Å². The summed E-state index contributed by atoms with van der Waals surface area (Å²) in [6.45, 7) is 0. The Morgan fingerprint density at radius 3 is 2.96 bits per heavy atom. The molecule has 126 valence electrons. The Bertz CT molecular complexity index is 865. The molecule has 0 saturated heterocycles. The fourth-order valence-electron chi connectivity index (χ4n) is 3.33. The van der Waals surface area contributed by atoms with Crippen LogP contribution in [0.15, 0.2) is 71.4 Å². The number of allylic oxidation sites excluding steroid dienone is 2. The molecule has 1 amide bonds. The van der Waals surface area contributed by atoms with Gasteiger partial charge < -0.3 is 9.73 Å². The highest BCUT2D eigenvalue weighted by atomic mass is 16.3. The molecule has 4 heteroatoms. The van der Waals surface area contributed by atoms with Gasteiger partial charge in [-0.2, -0.15) is 0 Å². The minimum absolute atomic E-state index is 0.0332. The maximum Gasteiger partial charge on any atom is 0.221 e. The van der Waals surface area contributed by atoms with Gasteiger partial charge in [0.15, 0.2) is 0 Å². The highest BCUT2D eigenvalue weighted by molar-refractivity contribution is 5.80. The number of para-hydroxylation sites is 1. The number of pyridine rings is 1. The Morgan fingerprint density at radius 2 is 2.20 bits per heavy atom. The van der Waals surface area contributed by atoms with Gasteiger partial charge in [-0.25, -0.2) is 0 Å². The predicted molar refractivity (Wildman–Crippen MR) is 96.9 cm³/mol. The largest absolute Gasteiger partial charge is 0.459 e. The zero-order chi connectivity index (χ0) is 17.1. The molecule has 0 spiro atoms. The van der Waals surface area contributed by atoms with Crippen LogP contribution in [-0.2, 0) is 4.79 Å². The molecule has 0 radical (unpaired) electrons. The first-order valence-corrected chi connectivity index (χ1v) is 8.64. The van der Waals surface area contributed by atoms with Gasteiger partial charge in [-0.05, 0) is 37.0 Å². The number of nitrogens with one attached hydrogen (secondary N) is 1. The number of hydrogen-bond donors (Lipinski definition) is 1. The molecule has 1 N–H and O–H groups in total. The number of benzene rings is 1. The number of nitrogens with zero attached hydrogens (tertiary/aromatic N) is 1. The number of carbonyl (C=O) groups excluding carboxylic acids is 1. The molecule has 1 aromatic carbocycles. The molecule has 2 heterocycles. The topological polar surface area (TPSA) is 55.1 Å². The van der Waals surface area contributed by atoms with Gasteiger partial charge >= 0.3 is 0 Å². The van der Waals surface area contributed by atoms with Crippen molar-refractivity contribution in [3.05, 3.63) is 78.3 Å². The second kappa shape index (κ2) is 6.93. The second-order valence-corrected chi connectivity index (χ2v) is 6.44. The second-order valence-electron chi connectivity index (χ2n) is 6.44. The normalized spacial score (nSPS) is 17.7. The third-order valence-corrected chi connectivity index (χ3v) is 4.61. The van der Waals surface area contributed by atoms with Crippen molar-refractivity contribution in [1.29, 1.82) is 0 Å². The predicted octanol–water partition coefficient (Wildman–Crippen LogP) is 4.39. The molecule has 4 rings (SSSR count). The summed E-state index contributed by atoms with van der Waals surface area (Å²) in [5.74, 6) is 1.10. The number of hydrogen-bond acceptors (Lipinski definition) is 3. The quantitative estimate of drug-likeness (QED) is 0.705. The van der Waals surface area contributed by atoms with Crippen molar-refractivity contribution in [3.8, 4) is 0 Å². The number of aromatic nitrogens is 1. The number of furan rings is 1. The van der Waals surface area contributed by atoms with Gasteiger partial charge in [0, 0.05) is 29.8 Å². The number of amides is 1. The smallest absolute Gasteiger partial charge is 0.221 e. The fraction of sp³-hybridized carbons (Fsp3) is 0.238. The molecular formula is C21H20N2O2. The maximum atomic E-state index is 12.6. The van der Waals surface area contributed by atoms with Gasteiger partial charge in [-0.3, -0.25) is 9.78 Å². The van der Waals surface area contributed by atoms with Gasteiger partial charge in [-0.15, -0.1) is 0 Å². The SMILES string of the molecule is O=C(C[C@H]1C=CCC1)N[C@H](c1cccnc1)c1cc2ccccc2o1. The Balaban J connectivity index is 1.62. The van der Waals surface area contributed by atoms with E-state index in [1.807, 2.05) is 42.5 Å². The number of carbonyl (C=O) groups is 1. The summed E-state index contributed by atoms with van der Waals surface area (Å²) in [6.07, 6.45) is 10.4. The van der Waals surface area contributed by atoms with Gasteiger partial charge in [-0.1, -0.05) is 36.4 Å². The van der Waals surface area contributed by atoms with E-state index in [9.17, 15) is 4.79 Å². The average Bonchev–Trinajstić information content (AvgIpc) is 3.29. The van der Waals surface area contributed by atoms with Crippen LogP contribution in [0.3, 0.4) is 0 Å². The third kappa shape index (κ3) is 3.48. The average molecular weight is 332 g/mol. The monoisotopic (exact) mass is 332 g/mol. The molecule has 2 aromatic heterocycles. The first kappa shape index (κ1) is 15.6. The zero-order valence-electron chi connectivity index (χ0n) is 13.9. The Morgan fingerprint density at radius 1 is 1.28 bits per heavy atom. The molecule has 0 saturated carbocycles. The fourth-order valence-corrected chi connectivity index (χ4v) is 3.33. The molecular weight excluding hydrogens is 312 g/mol. The highest BCUT2D eigenvalue weighted by Gasteiger charge is 2.23. The van der Waals surface area contributed by atoms with Crippen LogP contribution < -0.4 is 5.32 Å². The van der Waals surface area contributed by atoms with E-state index in [2.05, 4.69) is 22.5 Å². The van der Waals surface area contributed by atoms with E-state index in [1.54, 1.807) is 12.4 Å². The van der Waals surface area contributed by atoms with Crippen LogP contribution in [0, 0.1) is 5.92 Å². The summed E-state index contributed by atoms with van der Waals surface area (Å²) in [5, 5.41) is 4.16. The van der Waals surface area contributed by atoms with Crippen LogP contribution in [0.1, 0.15) is 36.6 Å². The molecule has 3 aromatic rings. The van der Waals surface area contributed by atoms with Gasteiger partial charge in [0.2, 0.25) is 5.91 Å². The van der Waals surface area contributed by atoms with E-state index in [0.29, 0.717) is 12.3 Å². The minimum atomic E-state index is -0.334. The summed E-state index contributed by atoms with van der Waals surface area (Å²) in [5.41, 5.74) is 1.73. The van der Waals surface area contributed by atoms with Crippen molar-refractivity contribution < 1.29 is 9.21 Å². The molecule has 0 fully saturated rings. The number of rotatable bonds is 5. The minimum Gasteiger partial charge on any atom is -0.459 e. The number of fused-ring (bicyclic) bond motifs is 1. The van der Waals surface area contributed by atoms with Gasteiger partial charge in [0.05, 0.1) is 0 Å². The Labute approximate surface area is 146 Å². The first-order valence-electron chi connectivity index (χ1n) is 8.64. The van der Waals surface area contributed by atoms with E-state index < -0.39 is 0 Å². The van der Waals surface area contributed by atoms with Gasteiger partial charge in [0.1, 0.15) is 17.4 Å². The molecule has 1 aliphatic carbocycles. The summed E-state index contributed by atoms with van der Waals surface area (Å²) in [4.78, 5) is 16.8. The Hall–Kier alpha value is -2.88. The molecule has 4 nitrogen and oxygen atoms in total. The summed E-state index contributed by atoms with van der Waals surface area (Å²) >= 11 is 0. The summed E-state index contributed by atoms with van der Waals surface area (Å²) in [7, 11) is 0. The lowest BCUT2D eigenvalue weighted by Gasteiger charge is -2.18. The molecule has 2 atom stereocenters. The van der Waals surface area contributed by atoms with Crippen LogP contribution in [0.2, 0.25) is 0 Å². The lowest BCUT2D eigenvalue weighted by molar-refractivity contribution is -0.122. The third-order valence-electron chi connectivity index (χ3n) is 4.61. The molecule has 0 bridgehead atoms. The highest BCUT2D eigenvalue weighted by Crippen LogP contribution is 2.28. The van der Waals surface area contributed by atoms with Crippen molar-refractivity contribution >= 4 is 16.9 Å². The first-order chi connectivity index (χ1) is 12.3. The van der Waals surface area contributed by atoms with Crippen molar-refractivity contribution in [2.45, 2.75) is 25.3 Å². The summed E-state index contributed by atoms with van der Waals surface area (Å²) < 4.78 is 6.00. The lowest BCUT2D eigenvalue weighted by atomic mass is 10.0. The van der Waals surface area contributed by atoms with Crippen molar-refractivity contribution in [2.75, 3.05) is 0 Å². The molecule has 25 heavy (non-hydrogen) atoms. The van der Waals surface area contributed by atoms with Crippen LogP contribution >= 0.6 is 0 Å². The van der Waals surface area contributed by atoms with E-state index >= 15 is 0 Å². The van der Waals surface area contributed by atoms with Crippen LogP contribution in [0.25, 0.3) is 11.0 Å². The van der Waals surface area contributed by atoms with Crippen molar-refractivity contribution in [1.82, 2.24) is 10.3 Å². The van der Waals surface area contributed by atoms with E-state index in [4.69, 9.17) is 4.42 Å². The summed E-state index contributed by atoms with van der Waals surface area (Å²) in [6, 6.07) is 13.3. The van der Waals surface area contributed by atoms with E-state index in [1.165, 1.54) is 0 Å². The van der Waals surface area contributed by atoms with Crippen LogP contribution in [0.5, 0.6) is 0 Å². The van der Waals surface area contributed by atoms with Crippen LogP contribution in [-0.4, -0.2) is 10.9 Å². The van der Waals surface area contributed by atoms with Gasteiger partial charge in [0.25, 0.3) is 0 Å². The zero-order valence-corrected chi connectivity index (χ0v) is 13.9. The Kier molecular flexibility index (Phi) is 4.34. The van der Waals surface area contributed by atoms with Crippen LogP contribution in [0.4, 0.5) is 0 Å². The van der Waals surface area contributed by atoms with Crippen molar-refractivity contribution in [3.63, 3.8) is 0 Å². The molecule has 0 aliphatic heterocycles. The van der Waals surface area contributed by atoms with E-state index in [0.717, 1.165) is 35.1 Å². The van der Waals surface area contributed by atoms with E-state index in [-0.39, 0.29) is 11.9 Å². The molecule has 0 unspecified atom stereocenters. The maximum absolute atomic E-state index is 12.6. The standard InChI is InChI=1S/C21H20N2O2/c24-20(12-15-6-1-2-7-15)23-21(17-9-5-11-22-14-17)19-13-16-8-3-4-10-18(16)25-19/h1,3-6,8-11,13-15,21H,2,7,12H2,(H,23,24)/t15-,21+/m0/s1. The molecule has 1 aliphatic rings. The lowest BCUT2D eigenvalue weighted by Crippen LogP contribution is -2.30.